The summed E-state index contributed by atoms with van der Waals surface area (Å²) >= 11 is 0. The molecule has 1 N–H and O–H groups in total. The number of hydrogen-bond donors (Lipinski definition) is 1. The lowest BCUT2D eigenvalue weighted by atomic mass is 10.1. The number of rotatable bonds is 4. The predicted octanol–water partition coefficient (Wildman–Crippen LogP) is 4.26. The number of halogens is 3. The molecular formula is C18H18F3NO3. The molecule has 0 aliphatic carbocycles. The summed E-state index contributed by atoms with van der Waals surface area (Å²) in [5.41, 5.74) is -0.500. The van der Waals surface area contributed by atoms with Gasteiger partial charge in [-0.05, 0) is 44.0 Å². The van der Waals surface area contributed by atoms with Gasteiger partial charge in [-0.3, -0.25) is 4.79 Å². The van der Waals surface area contributed by atoms with E-state index in [1.165, 1.54) is 24.3 Å². The molecule has 134 valence electrons. The highest BCUT2D eigenvalue weighted by Crippen LogP contribution is 2.32. The van der Waals surface area contributed by atoms with Crippen LogP contribution in [0.2, 0.25) is 0 Å². The van der Waals surface area contributed by atoms with E-state index in [0.717, 1.165) is 25.0 Å². The van der Waals surface area contributed by atoms with E-state index in [9.17, 15) is 18.0 Å². The Morgan fingerprint density at radius 2 is 2.08 bits per heavy atom. The molecule has 1 aliphatic heterocycles. The maximum absolute atomic E-state index is 12.8. The molecule has 1 aromatic carbocycles. The van der Waals surface area contributed by atoms with Crippen molar-refractivity contribution in [2.24, 2.45) is 0 Å². The van der Waals surface area contributed by atoms with Crippen molar-refractivity contribution in [1.82, 2.24) is 5.32 Å². The standard InChI is InChI=1S/C18H18F3NO3/c1-11(14-6-3-9-24-14)22-17(23)16-8-7-15(25-16)12-4-2-5-13(10-12)18(19,20)21/h2,4-5,7-8,10-11,14H,3,6,9H2,1H3,(H,22,23)/t11-,14+/m1/s1. The van der Waals surface area contributed by atoms with Crippen molar-refractivity contribution in [1.29, 1.82) is 0 Å². The lowest BCUT2D eigenvalue weighted by Crippen LogP contribution is -2.40. The zero-order chi connectivity index (χ0) is 18.0. The molecule has 2 heterocycles. The number of furan rings is 1. The third-order valence-corrected chi connectivity index (χ3v) is 4.19. The van der Waals surface area contributed by atoms with Gasteiger partial charge in [-0.15, -0.1) is 0 Å². The van der Waals surface area contributed by atoms with Crippen molar-refractivity contribution < 1.29 is 27.1 Å². The smallest absolute Gasteiger partial charge is 0.416 e. The number of carbonyl (C=O) groups excluding carboxylic acids is 1. The van der Waals surface area contributed by atoms with E-state index in [1.54, 1.807) is 0 Å². The molecule has 2 atom stereocenters. The van der Waals surface area contributed by atoms with E-state index in [0.29, 0.717) is 6.61 Å². The number of benzene rings is 1. The second-order valence-corrected chi connectivity index (χ2v) is 6.06. The molecule has 0 radical (unpaired) electrons. The Bertz CT molecular complexity index is 748. The van der Waals surface area contributed by atoms with E-state index < -0.39 is 17.6 Å². The molecule has 25 heavy (non-hydrogen) atoms. The number of hydrogen-bond acceptors (Lipinski definition) is 3. The van der Waals surface area contributed by atoms with Crippen molar-refractivity contribution in [2.75, 3.05) is 6.61 Å². The van der Waals surface area contributed by atoms with Crippen LogP contribution in [0.4, 0.5) is 13.2 Å². The maximum atomic E-state index is 12.8. The number of alkyl halides is 3. The molecule has 1 fully saturated rings. The van der Waals surface area contributed by atoms with Gasteiger partial charge in [-0.1, -0.05) is 12.1 Å². The Balaban J connectivity index is 1.72. The van der Waals surface area contributed by atoms with Gasteiger partial charge in [0, 0.05) is 12.2 Å². The van der Waals surface area contributed by atoms with E-state index in [1.807, 2.05) is 6.92 Å². The van der Waals surface area contributed by atoms with Crippen LogP contribution in [0, 0.1) is 0 Å². The molecule has 1 saturated heterocycles. The average molecular weight is 353 g/mol. The summed E-state index contributed by atoms with van der Waals surface area (Å²) in [5, 5.41) is 2.80. The number of ether oxygens (including phenoxy) is 1. The molecule has 7 heteroatoms. The van der Waals surface area contributed by atoms with Crippen LogP contribution in [-0.2, 0) is 10.9 Å². The van der Waals surface area contributed by atoms with Crippen LogP contribution < -0.4 is 5.32 Å². The minimum absolute atomic E-state index is 0.0261. The lowest BCUT2D eigenvalue weighted by Gasteiger charge is -2.19. The number of amides is 1. The Morgan fingerprint density at radius 3 is 2.76 bits per heavy atom. The molecule has 0 bridgehead atoms. The summed E-state index contributed by atoms with van der Waals surface area (Å²) in [6.07, 6.45) is -2.61. The Labute approximate surface area is 143 Å². The fourth-order valence-electron chi connectivity index (χ4n) is 2.83. The topological polar surface area (TPSA) is 51.5 Å². The lowest BCUT2D eigenvalue weighted by molar-refractivity contribution is -0.137. The average Bonchev–Trinajstić information content (AvgIpc) is 3.26. The first-order chi connectivity index (χ1) is 11.8. The summed E-state index contributed by atoms with van der Waals surface area (Å²) < 4.78 is 49.4. The van der Waals surface area contributed by atoms with Gasteiger partial charge in [0.15, 0.2) is 5.76 Å². The molecule has 1 amide bonds. The van der Waals surface area contributed by atoms with Gasteiger partial charge >= 0.3 is 6.18 Å². The molecule has 1 aliphatic rings. The second kappa shape index (κ2) is 6.92. The second-order valence-electron chi connectivity index (χ2n) is 6.06. The van der Waals surface area contributed by atoms with E-state index in [-0.39, 0.29) is 29.2 Å². The SMILES string of the molecule is C[C@@H](NC(=O)c1ccc(-c2cccc(C(F)(F)F)c2)o1)[C@@H]1CCCO1. The van der Waals surface area contributed by atoms with E-state index in [2.05, 4.69) is 5.32 Å². The zero-order valence-electron chi connectivity index (χ0n) is 13.6. The van der Waals surface area contributed by atoms with Crippen LogP contribution in [-0.4, -0.2) is 24.7 Å². The van der Waals surface area contributed by atoms with Crippen LogP contribution in [0.25, 0.3) is 11.3 Å². The Kier molecular flexibility index (Phi) is 4.85. The van der Waals surface area contributed by atoms with Crippen molar-refractivity contribution >= 4 is 5.91 Å². The number of carbonyl (C=O) groups is 1. The predicted molar refractivity (Wildman–Crippen MR) is 85.0 cm³/mol. The van der Waals surface area contributed by atoms with Crippen molar-refractivity contribution in [3.8, 4) is 11.3 Å². The van der Waals surface area contributed by atoms with E-state index in [4.69, 9.17) is 9.15 Å². The van der Waals surface area contributed by atoms with Gasteiger partial charge in [-0.25, -0.2) is 0 Å². The van der Waals surface area contributed by atoms with E-state index >= 15 is 0 Å². The highest BCUT2D eigenvalue weighted by atomic mass is 19.4. The molecule has 0 saturated carbocycles. The van der Waals surface area contributed by atoms with Gasteiger partial charge in [0.2, 0.25) is 0 Å². The van der Waals surface area contributed by atoms with Gasteiger partial charge < -0.3 is 14.5 Å². The molecule has 3 rings (SSSR count). The summed E-state index contributed by atoms with van der Waals surface area (Å²) in [6.45, 7) is 2.54. The molecule has 0 unspecified atom stereocenters. The van der Waals surface area contributed by atoms with Crippen LogP contribution in [0.3, 0.4) is 0 Å². The summed E-state index contributed by atoms with van der Waals surface area (Å²) in [5.74, 6) is -0.153. The van der Waals surface area contributed by atoms with Gasteiger partial charge in [-0.2, -0.15) is 13.2 Å². The number of nitrogens with one attached hydrogen (secondary N) is 1. The van der Waals surface area contributed by atoms with Crippen molar-refractivity contribution in [3.05, 3.63) is 47.7 Å². The monoisotopic (exact) mass is 353 g/mol. The van der Waals surface area contributed by atoms with Crippen LogP contribution in [0.15, 0.2) is 40.8 Å². The first kappa shape index (κ1) is 17.5. The third kappa shape index (κ3) is 4.04. The zero-order valence-corrected chi connectivity index (χ0v) is 13.6. The first-order valence-corrected chi connectivity index (χ1v) is 8.04. The maximum Gasteiger partial charge on any atom is 0.416 e. The summed E-state index contributed by atoms with van der Waals surface area (Å²) in [4.78, 5) is 12.2. The summed E-state index contributed by atoms with van der Waals surface area (Å²) in [7, 11) is 0. The van der Waals surface area contributed by atoms with Gasteiger partial charge in [0.25, 0.3) is 5.91 Å². The minimum Gasteiger partial charge on any atom is -0.451 e. The normalized spacial score (nSPS) is 19.0. The highest BCUT2D eigenvalue weighted by Gasteiger charge is 2.31. The fourth-order valence-corrected chi connectivity index (χ4v) is 2.83. The molecule has 0 spiro atoms. The Morgan fingerprint density at radius 1 is 1.28 bits per heavy atom. The minimum atomic E-state index is -4.43. The van der Waals surface area contributed by atoms with Gasteiger partial charge in [0.1, 0.15) is 5.76 Å². The highest BCUT2D eigenvalue weighted by molar-refractivity contribution is 5.92. The van der Waals surface area contributed by atoms with Gasteiger partial charge in [0.05, 0.1) is 17.7 Å². The molecular weight excluding hydrogens is 335 g/mol. The molecule has 4 nitrogen and oxygen atoms in total. The molecule has 2 aromatic rings. The first-order valence-electron chi connectivity index (χ1n) is 8.04. The quantitative estimate of drug-likeness (QED) is 0.893. The summed E-state index contributed by atoms with van der Waals surface area (Å²) in [6, 6.07) is 7.56. The van der Waals surface area contributed by atoms with Crippen molar-refractivity contribution in [2.45, 2.75) is 38.1 Å². The van der Waals surface area contributed by atoms with Crippen LogP contribution in [0.1, 0.15) is 35.9 Å². The fraction of sp³-hybridized carbons (Fsp3) is 0.389. The van der Waals surface area contributed by atoms with Crippen LogP contribution in [0.5, 0.6) is 0 Å². The Hall–Kier alpha value is -2.28. The van der Waals surface area contributed by atoms with Crippen LogP contribution >= 0.6 is 0 Å². The largest absolute Gasteiger partial charge is 0.451 e. The third-order valence-electron chi connectivity index (χ3n) is 4.19. The molecule has 1 aromatic heterocycles. The van der Waals surface area contributed by atoms with Crippen molar-refractivity contribution in [3.63, 3.8) is 0 Å².